The Bertz CT molecular complexity index is 111. The Morgan fingerprint density at radius 2 is 2.00 bits per heavy atom. The van der Waals surface area contributed by atoms with Gasteiger partial charge in [0.15, 0.2) is 0 Å². The van der Waals surface area contributed by atoms with Crippen LogP contribution in [0.1, 0.15) is 27.2 Å². The second-order valence-corrected chi connectivity index (χ2v) is 4.80. The van der Waals surface area contributed by atoms with Crippen molar-refractivity contribution in [2.75, 3.05) is 25.2 Å². The maximum atomic E-state index is 5.06. The molecule has 0 aromatic carbocycles. The molecule has 13 heavy (non-hydrogen) atoms. The molecule has 2 unspecified atom stereocenters. The van der Waals surface area contributed by atoms with Crippen LogP contribution in [0.15, 0.2) is 0 Å². The lowest BCUT2D eigenvalue weighted by Gasteiger charge is -2.18. The molecule has 80 valence electrons. The first-order valence-electron chi connectivity index (χ1n) is 5.03. The Labute approximate surface area is 86.8 Å². The second-order valence-electron chi connectivity index (χ2n) is 3.41. The average Bonchev–Trinajstić information content (AvgIpc) is 2.05. The average molecular weight is 205 g/mol. The van der Waals surface area contributed by atoms with Crippen molar-refractivity contribution in [3.05, 3.63) is 0 Å². The Hall–Kier alpha value is 0.270. The van der Waals surface area contributed by atoms with Crippen molar-refractivity contribution in [3.8, 4) is 0 Å². The third-order valence-corrected chi connectivity index (χ3v) is 2.82. The number of thioether (sulfide) groups is 1. The fourth-order valence-electron chi connectivity index (χ4n) is 1.27. The van der Waals surface area contributed by atoms with Gasteiger partial charge in [-0.15, -0.1) is 0 Å². The van der Waals surface area contributed by atoms with Crippen molar-refractivity contribution in [2.45, 2.75) is 39.3 Å². The molecule has 0 saturated carbocycles. The summed E-state index contributed by atoms with van der Waals surface area (Å²) in [4.78, 5) is 0. The molecule has 0 aliphatic rings. The second kappa shape index (κ2) is 8.85. The number of methoxy groups -OCH3 is 1. The topological polar surface area (TPSA) is 21.3 Å². The summed E-state index contributed by atoms with van der Waals surface area (Å²) in [6.07, 6.45) is 1.24. The van der Waals surface area contributed by atoms with Gasteiger partial charge in [-0.25, -0.2) is 0 Å². The van der Waals surface area contributed by atoms with Crippen LogP contribution in [0.25, 0.3) is 0 Å². The lowest BCUT2D eigenvalue weighted by atomic mass is 10.2. The molecule has 0 bridgehead atoms. The molecule has 0 fully saturated rings. The molecule has 0 amide bonds. The maximum Gasteiger partial charge on any atom is 0.0613 e. The van der Waals surface area contributed by atoms with E-state index in [1.807, 2.05) is 11.8 Å². The molecular formula is C10H23NOS. The highest BCUT2D eigenvalue weighted by molar-refractivity contribution is 7.99. The Balaban J connectivity index is 3.32. The van der Waals surface area contributed by atoms with E-state index >= 15 is 0 Å². The van der Waals surface area contributed by atoms with Crippen LogP contribution in [0.5, 0.6) is 0 Å². The van der Waals surface area contributed by atoms with E-state index in [1.54, 1.807) is 7.11 Å². The van der Waals surface area contributed by atoms with Gasteiger partial charge in [-0.05, 0) is 31.8 Å². The SMILES string of the molecule is CCSCCC(C)NC(C)COC. The van der Waals surface area contributed by atoms with E-state index in [9.17, 15) is 0 Å². The summed E-state index contributed by atoms with van der Waals surface area (Å²) in [7, 11) is 1.75. The normalized spacial score (nSPS) is 15.7. The molecule has 0 radical (unpaired) electrons. The van der Waals surface area contributed by atoms with Crippen molar-refractivity contribution < 1.29 is 4.74 Å². The minimum absolute atomic E-state index is 0.464. The number of nitrogens with one attached hydrogen (secondary N) is 1. The van der Waals surface area contributed by atoms with Crippen molar-refractivity contribution in [1.29, 1.82) is 0 Å². The zero-order chi connectivity index (χ0) is 10.1. The van der Waals surface area contributed by atoms with Gasteiger partial charge in [-0.1, -0.05) is 6.92 Å². The predicted octanol–water partition coefficient (Wildman–Crippen LogP) is 2.14. The third-order valence-electron chi connectivity index (χ3n) is 1.89. The monoisotopic (exact) mass is 205 g/mol. The van der Waals surface area contributed by atoms with Crippen LogP contribution in [-0.4, -0.2) is 37.3 Å². The van der Waals surface area contributed by atoms with Gasteiger partial charge in [0.1, 0.15) is 0 Å². The molecule has 0 spiro atoms. The molecule has 0 aliphatic heterocycles. The zero-order valence-electron chi connectivity index (χ0n) is 9.30. The Kier molecular flexibility index (Phi) is 9.03. The van der Waals surface area contributed by atoms with E-state index < -0.39 is 0 Å². The van der Waals surface area contributed by atoms with Gasteiger partial charge < -0.3 is 10.1 Å². The van der Waals surface area contributed by atoms with E-state index in [4.69, 9.17) is 4.74 Å². The summed E-state index contributed by atoms with van der Waals surface area (Å²) in [6.45, 7) is 7.40. The molecule has 0 aromatic heterocycles. The van der Waals surface area contributed by atoms with Gasteiger partial charge >= 0.3 is 0 Å². The highest BCUT2D eigenvalue weighted by atomic mass is 32.2. The number of rotatable bonds is 8. The summed E-state index contributed by atoms with van der Waals surface area (Å²) in [5, 5.41) is 3.50. The molecule has 2 nitrogen and oxygen atoms in total. The van der Waals surface area contributed by atoms with Gasteiger partial charge in [0.2, 0.25) is 0 Å². The van der Waals surface area contributed by atoms with Gasteiger partial charge in [0.05, 0.1) is 6.61 Å². The van der Waals surface area contributed by atoms with E-state index in [0.717, 1.165) is 6.61 Å². The largest absolute Gasteiger partial charge is 0.383 e. The predicted molar refractivity (Wildman–Crippen MR) is 61.6 cm³/mol. The smallest absolute Gasteiger partial charge is 0.0613 e. The zero-order valence-corrected chi connectivity index (χ0v) is 10.1. The maximum absolute atomic E-state index is 5.06. The van der Waals surface area contributed by atoms with Crippen LogP contribution in [0, 0.1) is 0 Å². The fourth-order valence-corrected chi connectivity index (χ4v) is 2.08. The first kappa shape index (κ1) is 13.3. The minimum atomic E-state index is 0.464. The van der Waals surface area contributed by atoms with E-state index in [0.29, 0.717) is 12.1 Å². The summed E-state index contributed by atoms with van der Waals surface area (Å²) in [6, 6.07) is 1.07. The minimum Gasteiger partial charge on any atom is -0.383 e. The van der Waals surface area contributed by atoms with Crippen molar-refractivity contribution in [2.24, 2.45) is 0 Å². The highest BCUT2D eigenvalue weighted by Crippen LogP contribution is 2.04. The quantitative estimate of drug-likeness (QED) is 0.614. The molecule has 0 aromatic rings. The fraction of sp³-hybridized carbons (Fsp3) is 1.00. The van der Waals surface area contributed by atoms with Crippen LogP contribution in [0.3, 0.4) is 0 Å². The van der Waals surface area contributed by atoms with Crippen LogP contribution >= 0.6 is 11.8 Å². The standard InChI is InChI=1S/C10H23NOS/c1-5-13-7-6-9(2)11-10(3)8-12-4/h9-11H,5-8H2,1-4H3. The first-order chi connectivity index (χ1) is 6.20. The lowest BCUT2D eigenvalue weighted by Crippen LogP contribution is -2.37. The van der Waals surface area contributed by atoms with Crippen molar-refractivity contribution in [1.82, 2.24) is 5.32 Å². The number of hydrogen-bond donors (Lipinski definition) is 1. The van der Waals surface area contributed by atoms with Crippen LogP contribution in [0.4, 0.5) is 0 Å². The van der Waals surface area contributed by atoms with Gasteiger partial charge in [-0.2, -0.15) is 11.8 Å². The molecule has 0 aliphatic carbocycles. The van der Waals surface area contributed by atoms with Crippen molar-refractivity contribution in [3.63, 3.8) is 0 Å². The van der Waals surface area contributed by atoms with E-state index in [1.165, 1.54) is 17.9 Å². The van der Waals surface area contributed by atoms with Crippen molar-refractivity contribution >= 4 is 11.8 Å². The number of hydrogen-bond acceptors (Lipinski definition) is 3. The number of ether oxygens (including phenoxy) is 1. The summed E-state index contributed by atoms with van der Waals surface area (Å²) < 4.78 is 5.06. The van der Waals surface area contributed by atoms with E-state index in [-0.39, 0.29) is 0 Å². The van der Waals surface area contributed by atoms with E-state index in [2.05, 4.69) is 26.1 Å². The molecular weight excluding hydrogens is 182 g/mol. The Morgan fingerprint density at radius 3 is 2.54 bits per heavy atom. The molecule has 1 N–H and O–H groups in total. The van der Waals surface area contributed by atoms with Gasteiger partial charge in [-0.3, -0.25) is 0 Å². The molecule has 2 atom stereocenters. The lowest BCUT2D eigenvalue weighted by molar-refractivity contribution is 0.167. The molecule has 0 rings (SSSR count). The summed E-state index contributed by atoms with van der Waals surface area (Å²) in [5.74, 6) is 2.48. The van der Waals surface area contributed by atoms with Gasteiger partial charge in [0.25, 0.3) is 0 Å². The van der Waals surface area contributed by atoms with Crippen LogP contribution < -0.4 is 5.32 Å². The highest BCUT2D eigenvalue weighted by Gasteiger charge is 2.05. The molecule has 3 heteroatoms. The third kappa shape index (κ3) is 8.60. The van der Waals surface area contributed by atoms with Crippen LogP contribution in [-0.2, 0) is 4.74 Å². The van der Waals surface area contributed by atoms with Crippen LogP contribution in [0.2, 0.25) is 0 Å². The summed E-state index contributed by atoms with van der Waals surface area (Å²) >= 11 is 2.01. The Morgan fingerprint density at radius 1 is 1.31 bits per heavy atom. The molecule has 0 saturated heterocycles. The molecule has 0 heterocycles. The first-order valence-corrected chi connectivity index (χ1v) is 6.18. The summed E-state index contributed by atoms with van der Waals surface area (Å²) in [5.41, 5.74) is 0. The van der Waals surface area contributed by atoms with Gasteiger partial charge in [0, 0.05) is 19.2 Å².